The van der Waals surface area contributed by atoms with Crippen molar-refractivity contribution in [1.82, 2.24) is 4.57 Å². The minimum Gasteiger partial charge on any atom is -0.380 e. The summed E-state index contributed by atoms with van der Waals surface area (Å²) in [7, 11) is 1.73. The minimum absolute atomic E-state index is 0.646. The lowest BCUT2D eigenvalue weighted by atomic mass is 10.2. The van der Waals surface area contributed by atoms with Gasteiger partial charge in [-0.2, -0.15) is 0 Å². The number of para-hydroxylation sites is 1. The van der Waals surface area contributed by atoms with Crippen molar-refractivity contribution < 1.29 is 4.74 Å². The molecule has 0 aliphatic carbocycles. The quantitative estimate of drug-likeness (QED) is 0.766. The van der Waals surface area contributed by atoms with Gasteiger partial charge in [0.1, 0.15) is 0 Å². The van der Waals surface area contributed by atoms with E-state index < -0.39 is 0 Å². The fourth-order valence-corrected chi connectivity index (χ4v) is 2.05. The molecule has 1 heterocycles. The molecule has 0 fully saturated rings. The molecule has 1 aromatic carbocycles. The number of benzene rings is 1. The lowest BCUT2D eigenvalue weighted by Gasteiger charge is -2.14. The molecule has 0 aliphatic rings. The number of aromatic nitrogens is 1. The molecule has 0 unspecified atom stereocenters. The van der Waals surface area contributed by atoms with Crippen LogP contribution in [0.4, 0.5) is 0 Å². The average Bonchev–Trinajstić information content (AvgIpc) is 2.60. The van der Waals surface area contributed by atoms with Crippen LogP contribution in [0.3, 0.4) is 0 Å². The second kappa shape index (κ2) is 4.54. The van der Waals surface area contributed by atoms with Crippen molar-refractivity contribution >= 4 is 0 Å². The molecule has 2 rings (SSSR count). The van der Waals surface area contributed by atoms with Crippen molar-refractivity contribution in [3.8, 4) is 5.69 Å². The van der Waals surface area contributed by atoms with Crippen LogP contribution in [-0.4, -0.2) is 11.7 Å². The molecule has 0 aliphatic heterocycles. The van der Waals surface area contributed by atoms with Gasteiger partial charge in [-0.05, 0) is 32.0 Å². The summed E-state index contributed by atoms with van der Waals surface area (Å²) in [6.45, 7) is 4.89. The summed E-state index contributed by atoms with van der Waals surface area (Å²) < 4.78 is 7.49. The number of hydrogen-bond donors (Lipinski definition) is 0. The second-order valence-electron chi connectivity index (χ2n) is 4.01. The van der Waals surface area contributed by atoms with Gasteiger partial charge in [-0.1, -0.05) is 18.2 Å². The summed E-state index contributed by atoms with van der Waals surface area (Å²) in [5.74, 6) is 0. The van der Waals surface area contributed by atoms with Gasteiger partial charge in [0.2, 0.25) is 0 Å². The molecule has 0 N–H and O–H groups in total. The van der Waals surface area contributed by atoms with Crippen LogP contribution in [0, 0.1) is 13.8 Å². The first-order chi connectivity index (χ1) is 7.74. The maximum Gasteiger partial charge on any atom is 0.0733 e. The molecule has 2 nitrogen and oxygen atoms in total. The Bertz CT molecular complexity index is 466. The third kappa shape index (κ3) is 1.89. The first kappa shape index (κ1) is 11.0. The fourth-order valence-electron chi connectivity index (χ4n) is 2.05. The predicted octanol–water partition coefficient (Wildman–Crippen LogP) is 3.24. The number of methoxy groups -OCH3 is 1. The van der Waals surface area contributed by atoms with Gasteiger partial charge >= 0.3 is 0 Å². The van der Waals surface area contributed by atoms with Crippen molar-refractivity contribution in [2.45, 2.75) is 20.5 Å². The van der Waals surface area contributed by atoms with Crippen LogP contribution in [0.2, 0.25) is 0 Å². The van der Waals surface area contributed by atoms with Crippen LogP contribution in [0.25, 0.3) is 5.69 Å². The van der Waals surface area contributed by atoms with Gasteiger partial charge < -0.3 is 9.30 Å². The highest BCUT2D eigenvalue weighted by molar-refractivity contribution is 5.44. The molecule has 2 aromatic rings. The SMILES string of the molecule is COCc1ccccc1-n1c(C)ccc1C. The Balaban J connectivity index is 2.55. The molecular weight excluding hydrogens is 198 g/mol. The Kier molecular flexibility index (Phi) is 3.11. The zero-order valence-electron chi connectivity index (χ0n) is 10.0. The largest absolute Gasteiger partial charge is 0.380 e. The molecule has 0 saturated heterocycles. The minimum atomic E-state index is 0.646. The summed E-state index contributed by atoms with van der Waals surface area (Å²) in [5, 5.41) is 0. The Morgan fingerprint density at radius 1 is 1.00 bits per heavy atom. The standard InChI is InChI=1S/C14H17NO/c1-11-8-9-12(2)15(11)14-7-5-4-6-13(14)10-16-3/h4-9H,10H2,1-3H3. The highest BCUT2D eigenvalue weighted by Gasteiger charge is 2.07. The monoisotopic (exact) mass is 215 g/mol. The molecular formula is C14H17NO. The highest BCUT2D eigenvalue weighted by Crippen LogP contribution is 2.20. The normalized spacial score (nSPS) is 10.7. The summed E-state index contributed by atoms with van der Waals surface area (Å²) in [6.07, 6.45) is 0. The fraction of sp³-hybridized carbons (Fsp3) is 0.286. The maximum atomic E-state index is 5.23. The first-order valence-electron chi connectivity index (χ1n) is 5.46. The lowest BCUT2D eigenvalue weighted by molar-refractivity contribution is 0.184. The summed E-state index contributed by atoms with van der Waals surface area (Å²) in [6, 6.07) is 12.6. The molecule has 0 bridgehead atoms. The molecule has 0 atom stereocenters. The summed E-state index contributed by atoms with van der Waals surface area (Å²) in [5.41, 5.74) is 4.93. The zero-order valence-corrected chi connectivity index (χ0v) is 10.0. The van der Waals surface area contributed by atoms with Crippen molar-refractivity contribution in [3.05, 3.63) is 53.3 Å². The molecule has 1 aromatic heterocycles. The Morgan fingerprint density at radius 2 is 1.62 bits per heavy atom. The molecule has 0 saturated carbocycles. The lowest BCUT2D eigenvalue weighted by Crippen LogP contribution is -2.03. The van der Waals surface area contributed by atoms with E-state index in [9.17, 15) is 0 Å². The van der Waals surface area contributed by atoms with Crippen molar-refractivity contribution in [2.24, 2.45) is 0 Å². The second-order valence-corrected chi connectivity index (χ2v) is 4.01. The Morgan fingerprint density at radius 3 is 2.25 bits per heavy atom. The molecule has 0 amide bonds. The van der Waals surface area contributed by atoms with E-state index >= 15 is 0 Å². The molecule has 0 spiro atoms. The number of rotatable bonds is 3. The average molecular weight is 215 g/mol. The van der Waals surface area contributed by atoms with Crippen molar-refractivity contribution in [1.29, 1.82) is 0 Å². The van der Waals surface area contributed by atoms with Gasteiger partial charge in [0.05, 0.1) is 12.3 Å². The van der Waals surface area contributed by atoms with E-state index in [0.29, 0.717) is 6.61 Å². The van der Waals surface area contributed by atoms with E-state index in [2.05, 4.69) is 48.7 Å². The molecule has 84 valence electrons. The van der Waals surface area contributed by atoms with Crippen molar-refractivity contribution in [3.63, 3.8) is 0 Å². The van der Waals surface area contributed by atoms with Gasteiger partial charge in [0.25, 0.3) is 0 Å². The van der Waals surface area contributed by atoms with E-state index in [1.165, 1.54) is 22.6 Å². The Hall–Kier alpha value is -1.54. The number of aryl methyl sites for hydroxylation is 2. The molecule has 2 heteroatoms. The summed E-state index contributed by atoms with van der Waals surface area (Å²) in [4.78, 5) is 0. The van der Waals surface area contributed by atoms with Crippen LogP contribution in [0.5, 0.6) is 0 Å². The highest BCUT2D eigenvalue weighted by atomic mass is 16.5. The number of ether oxygens (including phenoxy) is 1. The van der Waals surface area contributed by atoms with Crippen LogP contribution in [0.1, 0.15) is 17.0 Å². The van der Waals surface area contributed by atoms with E-state index in [-0.39, 0.29) is 0 Å². The smallest absolute Gasteiger partial charge is 0.0733 e. The van der Waals surface area contributed by atoms with Gasteiger partial charge in [-0.25, -0.2) is 0 Å². The van der Waals surface area contributed by atoms with Crippen LogP contribution >= 0.6 is 0 Å². The van der Waals surface area contributed by atoms with E-state index in [1.54, 1.807) is 7.11 Å². The van der Waals surface area contributed by atoms with Crippen LogP contribution < -0.4 is 0 Å². The molecule has 0 radical (unpaired) electrons. The van der Waals surface area contributed by atoms with Crippen molar-refractivity contribution in [2.75, 3.05) is 7.11 Å². The molecule has 16 heavy (non-hydrogen) atoms. The topological polar surface area (TPSA) is 14.2 Å². The third-order valence-electron chi connectivity index (χ3n) is 2.80. The van der Waals surface area contributed by atoms with Gasteiger partial charge in [-0.3, -0.25) is 0 Å². The van der Waals surface area contributed by atoms with Gasteiger partial charge in [0.15, 0.2) is 0 Å². The Labute approximate surface area is 96.5 Å². The summed E-state index contributed by atoms with van der Waals surface area (Å²) >= 11 is 0. The third-order valence-corrected chi connectivity index (χ3v) is 2.80. The predicted molar refractivity (Wildman–Crippen MR) is 66.0 cm³/mol. The van der Waals surface area contributed by atoms with Gasteiger partial charge in [0, 0.05) is 24.1 Å². The van der Waals surface area contributed by atoms with Crippen LogP contribution in [0.15, 0.2) is 36.4 Å². The zero-order chi connectivity index (χ0) is 11.5. The number of nitrogens with zero attached hydrogens (tertiary/aromatic N) is 1. The maximum absolute atomic E-state index is 5.23. The van der Waals surface area contributed by atoms with Gasteiger partial charge in [-0.15, -0.1) is 0 Å². The number of hydrogen-bond acceptors (Lipinski definition) is 1. The van der Waals surface area contributed by atoms with E-state index in [0.717, 1.165) is 0 Å². The van der Waals surface area contributed by atoms with E-state index in [4.69, 9.17) is 4.74 Å². The first-order valence-corrected chi connectivity index (χ1v) is 5.46. The van der Waals surface area contributed by atoms with Crippen LogP contribution in [-0.2, 0) is 11.3 Å². The van der Waals surface area contributed by atoms with E-state index in [1.807, 2.05) is 6.07 Å².